The van der Waals surface area contributed by atoms with Gasteiger partial charge in [0.05, 0.1) is 17.7 Å². The van der Waals surface area contributed by atoms with Crippen molar-refractivity contribution in [1.82, 2.24) is 9.97 Å². The van der Waals surface area contributed by atoms with E-state index in [1.807, 2.05) is 18.2 Å². The standard InChI is InChI=1S/C13H18N4O/c1-13(2,7-18-3)17-12-10-6-9(14)4-5-11(10)15-8-16-12/h4-6,8H,7,14H2,1-3H3,(H,15,16,17). The van der Waals surface area contributed by atoms with Crippen LogP contribution in [0.25, 0.3) is 10.9 Å². The highest BCUT2D eigenvalue weighted by molar-refractivity contribution is 5.91. The third-order valence-electron chi connectivity index (χ3n) is 2.62. The number of aromatic nitrogens is 2. The molecule has 2 aromatic rings. The van der Waals surface area contributed by atoms with Crippen LogP contribution >= 0.6 is 0 Å². The first-order valence-electron chi connectivity index (χ1n) is 5.79. The fourth-order valence-corrected chi connectivity index (χ4v) is 1.89. The van der Waals surface area contributed by atoms with Crippen LogP contribution in [-0.2, 0) is 4.74 Å². The van der Waals surface area contributed by atoms with Crippen molar-refractivity contribution in [3.63, 3.8) is 0 Å². The second kappa shape index (κ2) is 4.78. The van der Waals surface area contributed by atoms with Crippen molar-refractivity contribution < 1.29 is 4.74 Å². The van der Waals surface area contributed by atoms with E-state index < -0.39 is 0 Å². The fourth-order valence-electron chi connectivity index (χ4n) is 1.89. The summed E-state index contributed by atoms with van der Waals surface area (Å²) in [6.45, 7) is 4.69. The zero-order chi connectivity index (χ0) is 13.2. The van der Waals surface area contributed by atoms with Crippen molar-refractivity contribution >= 4 is 22.4 Å². The second-order valence-corrected chi connectivity index (χ2v) is 4.94. The molecule has 0 aliphatic carbocycles. The van der Waals surface area contributed by atoms with Crippen LogP contribution in [0.1, 0.15) is 13.8 Å². The maximum absolute atomic E-state index is 5.81. The van der Waals surface area contributed by atoms with E-state index in [2.05, 4.69) is 29.1 Å². The van der Waals surface area contributed by atoms with Crippen LogP contribution in [0.2, 0.25) is 0 Å². The maximum Gasteiger partial charge on any atom is 0.137 e. The number of methoxy groups -OCH3 is 1. The second-order valence-electron chi connectivity index (χ2n) is 4.94. The number of nitrogens with two attached hydrogens (primary N) is 1. The molecule has 0 aliphatic rings. The molecule has 0 bridgehead atoms. The van der Waals surface area contributed by atoms with Gasteiger partial charge in [-0.05, 0) is 32.0 Å². The molecule has 1 aromatic heterocycles. The van der Waals surface area contributed by atoms with Gasteiger partial charge in [-0.1, -0.05) is 0 Å². The quantitative estimate of drug-likeness (QED) is 0.808. The summed E-state index contributed by atoms with van der Waals surface area (Å²) in [6.07, 6.45) is 1.55. The number of benzene rings is 1. The number of ether oxygens (including phenoxy) is 1. The van der Waals surface area contributed by atoms with Gasteiger partial charge in [0.2, 0.25) is 0 Å². The molecule has 0 spiro atoms. The van der Waals surface area contributed by atoms with E-state index in [1.54, 1.807) is 13.4 Å². The summed E-state index contributed by atoms with van der Waals surface area (Å²) in [7, 11) is 1.68. The average Bonchev–Trinajstić information content (AvgIpc) is 2.29. The normalized spacial score (nSPS) is 11.7. The lowest BCUT2D eigenvalue weighted by atomic mass is 10.1. The lowest BCUT2D eigenvalue weighted by Crippen LogP contribution is -2.36. The summed E-state index contributed by atoms with van der Waals surface area (Å²) in [6, 6.07) is 5.60. The molecular formula is C13H18N4O. The van der Waals surface area contributed by atoms with Gasteiger partial charge in [0.25, 0.3) is 0 Å². The van der Waals surface area contributed by atoms with E-state index in [9.17, 15) is 0 Å². The molecule has 1 aromatic carbocycles. The van der Waals surface area contributed by atoms with Crippen LogP contribution in [0.5, 0.6) is 0 Å². The Labute approximate surface area is 106 Å². The molecule has 2 rings (SSSR count). The Morgan fingerprint density at radius 2 is 2.11 bits per heavy atom. The maximum atomic E-state index is 5.81. The van der Waals surface area contributed by atoms with Gasteiger partial charge >= 0.3 is 0 Å². The molecule has 5 nitrogen and oxygen atoms in total. The largest absolute Gasteiger partial charge is 0.399 e. The van der Waals surface area contributed by atoms with Gasteiger partial charge in [0.15, 0.2) is 0 Å². The summed E-state index contributed by atoms with van der Waals surface area (Å²) >= 11 is 0. The molecule has 0 atom stereocenters. The van der Waals surface area contributed by atoms with Gasteiger partial charge in [-0.25, -0.2) is 9.97 Å². The van der Waals surface area contributed by atoms with Crippen LogP contribution < -0.4 is 11.1 Å². The summed E-state index contributed by atoms with van der Waals surface area (Å²) in [5, 5.41) is 4.28. The van der Waals surface area contributed by atoms with Crippen LogP contribution in [-0.4, -0.2) is 29.2 Å². The van der Waals surface area contributed by atoms with E-state index in [-0.39, 0.29) is 5.54 Å². The predicted octanol–water partition coefficient (Wildman–Crippen LogP) is 2.05. The molecular weight excluding hydrogens is 228 g/mol. The smallest absolute Gasteiger partial charge is 0.137 e. The first kappa shape index (κ1) is 12.6. The highest BCUT2D eigenvalue weighted by Gasteiger charge is 2.19. The van der Waals surface area contributed by atoms with Gasteiger partial charge in [-0.2, -0.15) is 0 Å². The number of nitrogens with zero attached hydrogens (tertiary/aromatic N) is 2. The highest BCUT2D eigenvalue weighted by Crippen LogP contribution is 2.24. The van der Waals surface area contributed by atoms with Gasteiger partial charge < -0.3 is 15.8 Å². The number of hydrogen-bond acceptors (Lipinski definition) is 5. The van der Waals surface area contributed by atoms with Crippen LogP contribution in [0.3, 0.4) is 0 Å². The SMILES string of the molecule is COCC(C)(C)Nc1ncnc2ccc(N)cc12. The Morgan fingerprint density at radius 3 is 2.83 bits per heavy atom. The Morgan fingerprint density at radius 1 is 1.33 bits per heavy atom. The van der Waals surface area contributed by atoms with Crippen molar-refractivity contribution in [1.29, 1.82) is 0 Å². The molecule has 3 N–H and O–H groups in total. The molecule has 0 aliphatic heterocycles. The van der Waals surface area contributed by atoms with E-state index in [0.29, 0.717) is 12.3 Å². The summed E-state index contributed by atoms with van der Waals surface area (Å²) in [5.74, 6) is 0.773. The summed E-state index contributed by atoms with van der Waals surface area (Å²) in [5.41, 5.74) is 7.17. The molecule has 5 heteroatoms. The van der Waals surface area contributed by atoms with E-state index >= 15 is 0 Å². The van der Waals surface area contributed by atoms with Crippen LogP contribution in [0.15, 0.2) is 24.5 Å². The number of anilines is 2. The van der Waals surface area contributed by atoms with Gasteiger partial charge in [-0.3, -0.25) is 0 Å². The first-order valence-corrected chi connectivity index (χ1v) is 5.79. The van der Waals surface area contributed by atoms with Crippen molar-refractivity contribution in [3.05, 3.63) is 24.5 Å². The number of fused-ring (bicyclic) bond motifs is 1. The minimum atomic E-state index is -0.208. The van der Waals surface area contributed by atoms with E-state index in [0.717, 1.165) is 16.7 Å². The van der Waals surface area contributed by atoms with Crippen molar-refractivity contribution in [2.24, 2.45) is 0 Å². The molecule has 0 saturated heterocycles. The molecule has 0 unspecified atom stereocenters. The van der Waals surface area contributed by atoms with Crippen molar-refractivity contribution in [3.8, 4) is 0 Å². The van der Waals surface area contributed by atoms with Gasteiger partial charge in [-0.15, -0.1) is 0 Å². The molecule has 96 valence electrons. The zero-order valence-corrected chi connectivity index (χ0v) is 10.9. The number of nitrogen functional groups attached to an aromatic ring is 1. The number of hydrogen-bond donors (Lipinski definition) is 2. The monoisotopic (exact) mass is 246 g/mol. The third kappa shape index (κ3) is 2.68. The Kier molecular flexibility index (Phi) is 3.34. The van der Waals surface area contributed by atoms with E-state index in [1.165, 1.54) is 0 Å². The first-order chi connectivity index (χ1) is 8.52. The molecule has 0 fully saturated rings. The average molecular weight is 246 g/mol. The van der Waals surface area contributed by atoms with Crippen LogP contribution in [0, 0.1) is 0 Å². The third-order valence-corrected chi connectivity index (χ3v) is 2.62. The Hall–Kier alpha value is -1.88. The molecule has 0 amide bonds. The predicted molar refractivity (Wildman–Crippen MR) is 73.5 cm³/mol. The van der Waals surface area contributed by atoms with Crippen molar-refractivity contribution in [2.45, 2.75) is 19.4 Å². The zero-order valence-electron chi connectivity index (χ0n) is 10.9. The summed E-state index contributed by atoms with van der Waals surface area (Å²) in [4.78, 5) is 8.50. The topological polar surface area (TPSA) is 73.1 Å². The summed E-state index contributed by atoms with van der Waals surface area (Å²) < 4.78 is 5.18. The molecule has 0 saturated carbocycles. The fraction of sp³-hybridized carbons (Fsp3) is 0.385. The minimum absolute atomic E-state index is 0.208. The van der Waals surface area contributed by atoms with Crippen LogP contribution in [0.4, 0.5) is 11.5 Å². The highest BCUT2D eigenvalue weighted by atomic mass is 16.5. The Balaban J connectivity index is 2.41. The Bertz CT molecular complexity index is 554. The lowest BCUT2D eigenvalue weighted by molar-refractivity contribution is 0.158. The number of nitrogens with one attached hydrogen (secondary N) is 1. The minimum Gasteiger partial charge on any atom is -0.399 e. The molecule has 18 heavy (non-hydrogen) atoms. The molecule has 0 radical (unpaired) electrons. The van der Waals surface area contributed by atoms with Gasteiger partial charge in [0, 0.05) is 18.2 Å². The van der Waals surface area contributed by atoms with Crippen molar-refractivity contribution in [2.75, 3.05) is 24.8 Å². The van der Waals surface area contributed by atoms with Gasteiger partial charge in [0.1, 0.15) is 12.1 Å². The molecule has 1 heterocycles. The number of rotatable bonds is 4. The lowest BCUT2D eigenvalue weighted by Gasteiger charge is -2.26. The van der Waals surface area contributed by atoms with E-state index in [4.69, 9.17) is 10.5 Å².